The smallest absolute Gasteiger partial charge is 0.0329 e. The zero-order chi connectivity index (χ0) is 12.3. The molecule has 1 aliphatic heterocycles. The lowest BCUT2D eigenvalue weighted by atomic mass is 9.94. The highest BCUT2D eigenvalue weighted by molar-refractivity contribution is 7.84. The van der Waals surface area contributed by atoms with Crippen LogP contribution in [-0.2, 0) is 10.8 Å². The summed E-state index contributed by atoms with van der Waals surface area (Å²) in [5, 5.41) is 4.07. The van der Waals surface area contributed by atoms with Gasteiger partial charge in [-0.15, -0.1) is 0 Å². The molecule has 0 bridgehead atoms. The van der Waals surface area contributed by atoms with Gasteiger partial charge in [0.05, 0.1) is 0 Å². The van der Waals surface area contributed by atoms with Crippen LogP contribution in [0.15, 0.2) is 0 Å². The van der Waals surface area contributed by atoms with E-state index in [2.05, 4.69) is 17.1 Å². The summed E-state index contributed by atoms with van der Waals surface area (Å²) in [6.07, 6.45) is 8.35. The van der Waals surface area contributed by atoms with E-state index in [0.29, 0.717) is 10.8 Å². The maximum atomic E-state index is 11.3. The molecule has 1 saturated carbocycles. The average molecular weight is 258 g/mol. The van der Waals surface area contributed by atoms with Crippen molar-refractivity contribution in [3.8, 4) is 0 Å². The number of nitrogens with one attached hydrogen (secondary N) is 1. The number of rotatable bonds is 4. The molecule has 1 N–H and O–H groups in total. The van der Waals surface area contributed by atoms with Crippen LogP contribution in [0.3, 0.4) is 0 Å². The standard InChI is InChI=1S/C13H26N2OS/c1-12(17(2)16)5-9-15-10-8-14-13(11-15)6-3-4-7-13/h12,14H,3-11H2,1-2H3. The fourth-order valence-corrected chi connectivity index (χ4v) is 3.59. The first-order valence-electron chi connectivity index (χ1n) is 6.91. The first-order valence-corrected chi connectivity index (χ1v) is 8.53. The molecule has 2 rings (SSSR count). The fraction of sp³-hybridized carbons (Fsp3) is 1.00. The molecule has 3 nitrogen and oxygen atoms in total. The Morgan fingerprint density at radius 2 is 2.12 bits per heavy atom. The summed E-state index contributed by atoms with van der Waals surface area (Å²) in [6.45, 7) is 6.71. The molecule has 4 heteroatoms. The van der Waals surface area contributed by atoms with E-state index >= 15 is 0 Å². The Balaban J connectivity index is 1.79. The van der Waals surface area contributed by atoms with Crippen molar-refractivity contribution in [2.45, 2.75) is 49.8 Å². The summed E-state index contributed by atoms with van der Waals surface area (Å²) in [7, 11) is -0.667. The molecule has 2 atom stereocenters. The molecule has 1 heterocycles. The molecule has 0 aromatic carbocycles. The highest BCUT2D eigenvalue weighted by atomic mass is 32.2. The minimum Gasteiger partial charge on any atom is -0.309 e. The quantitative estimate of drug-likeness (QED) is 0.826. The van der Waals surface area contributed by atoms with E-state index in [0.717, 1.165) is 26.1 Å². The maximum absolute atomic E-state index is 11.3. The minimum atomic E-state index is -0.667. The van der Waals surface area contributed by atoms with Crippen molar-refractivity contribution in [3.63, 3.8) is 0 Å². The van der Waals surface area contributed by atoms with Crippen molar-refractivity contribution < 1.29 is 4.21 Å². The number of nitrogens with zero attached hydrogens (tertiary/aromatic N) is 1. The van der Waals surface area contributed by atoms with Gasteiger partial charge in [0.15, 0.2) is 0 Å². The lowest BCUT2D eigenvalue weighted by molar-refractivity contribution is 0.134. The molecule has 0 amide bonds. The number of hydrogen-bond donors (Lipinski definition) is 1. The van der Waals surface area contributed by atoms with Crippen LogP contribution in [0.25, 0.3) is 0 Å². The summed E-state index contributed by atoms with van der Waals surface area (Å²) < 4.78 is 11.3. The zero-order valence-electron chi connectivity index (χ0n) is 11.2. The second-order valence-electron chi connectivity index (χ2n) is 5.79. The van der Waals surface area contributed by atoms with Crippen molar-refractivity contribution >= 4 is 10.8 Å². The van der Waals surface area contributed by atoms with Gasteiger partial charge in [0.2, 0.25) is 0 Å². The van der Waals surface area contributed by atoms with Crippen molar-refractivity contribution in [1.29, 1.82) is 0 Å². The summed E-state index contributed by atoms with van der Waals surface area (Å²) in [6, 6.07) is 0. The Labute approximate surface area is 108 Å². The van der Waals surface area contributed by atoms with Crippen molar-refractivity contribution in [2.24, 2.45) is 0 Å². The van der Waals surface area contributed by atoms with Gasteiger partial charge in [-0.2, -0.15) is 0 Å². The first kappa shape index (κ1) is 13.5. The van der Waals surface area contributed by atoms with E-state index in [1.54, 1.807) is 0 Å². The highest BCUT2D eigenvalue weighted by Gasteiger charge is 2.37. The van der Waals surface area contributed by atoms with Gasteiger partial charge >= 0.3 is 0 Å². The lowest BCUT2D eigenvalue weighted by Crippen LogP contribution is -2.59. The molecular formula is C13H26N2OS. The second-order valence-corrected chi connectivity index (χ2v) is 7.59. The number of hydrogen-bond acceptors (Lipinski definition) is 3. The molecule has 1 aliphatic carbocycles. The van der Waals surface area contributed by atoms with Crippen LogP contribution in [0.5, 0.6) is 0 Å². The fourth-order valence-electron chi connectivity index (χ4n) is 3.15. The zero-order valence-corrected chi connectivity index (χ0v) is 12.0. The maximum Gasteiger partial charge on any atom is 0.0329 e. The third-order valence-electron chi connectivity index (χ3n) is 4.43. The topological polar surface area (TPSA) is 32.3 Å². The minimum absolute atomic E-state index is 0.337. The molecule has 2 unspecified atom stereocenters. The van der Waals surface area contributed by atoms with Crippen LogP contribution in [0.4, 0.5) is 0 Å². The predicted octanol–water partition coefficient (Wildman–Crippen LogP) is 1.36. The Hall–Kier alpha value is 0.0700. The summed E-state index contributed by atoms with van der Waals surface area (Å²) >= 11 is 0. The third-order valence-corrected chi connectivity index (χ3v) is 5.80. The monoisotopic (exact) mass is 258 g/mol. The molecule has 2 aliphatic rings. The first-order chi connectivity index (χ1) is 8.11. The summed E-state index contributed by atoms with van der Waals surface area (Å²) in [4.78, 5) is 2.57. The Morgan fingerprint density at radius 3 is 2.76 bits per heavy atom. The molecule has 1 saturated heterocycles. The van der Waals surface area contributed by atoms with E-state index in [9.17, 15) is 4.21 Å². The normalized spacial score (nSPS) is 28.4. The summed E-state index contributed by atoms with van der Waals surface area (Å²) in [5.41, 5.74) is 0.423. The molecule has 1 spiro atoms. The van der Waals surface area contributed by atoms with E-state index in [1.807, 2.05) is 6.26 Å². The van der Waals surface area contributed by atoms with Gasteiger partial charge in [0.1, 0.15) is 0 Å². The van der Waals surface area contributed by atoms with Crippen LogP contribution >= 0.6 is 0 Å². The Bertz CT molecular complexity index is 277. The highest BCUT2D eigenvalue weighted by Crippen LogP contribution is 2.31. The van der Waals surface area contributed by atoms with Crippen LogP contribution in [-0.4, -0.2) is 52.3 Å². The van der Waals surface area contributed by atoms with Gasteiger partial charge in [0, 0.05) is 47.5 Å². The van der Waals surface area contributed by atoms with Crippen molar-refractivity contribution in [1.82, 2.24) is 10.2 Å². The third kappa shape index (κ3) is 3.52. The van der Waals surface area contributed by atoms with Gasteiger partial charge in [-0.05, 0) is 25.8 Å². The lowest BCUT2D eigenvalue weighted by Gasteiger charge is -2.41. The van der Waals surface area contributed by atoms with Gasteiger partial charge < -0.3 is 10.2 Å². The predicted molar refractivity (Wildman–Crippen MR) is 73.8 cm³/mol. The van der Waals surface area contributed by atoms with Gasteiger partial charge in [-0.1, -0.05) is 19.8 Å². The van der Waals surface area contributed by atoms with Gasteiger partial charge in [0.25, 0.3) is 0 Å². The Morgan fingerprint density at radius 1 is 1.41 bits per heavy atom. The van der Waals surface area contributed by atoms with E-state index in [1.165, 1.54) is 32.2 Å². The molecule has 100 valence electrons. The average Bonchev–Trinajstić information content (AvgIpc) is 2.74. The van der Waals surface area contributed by atoms with Crippen LogP contribution < -0.4 is 5.32 Å². The molecule has 2 fully saturated rings. The van der Waals surface area contributed by atoms with Gasteiger partial charge in [-0.25, -0.2) is 0 Å². The van der Waals surface area contributed by atoms with Crippen LogP contribution in [0.2, 0.25) is 0 Å². The SMILES string of the molecule is CC(CCN1CCNC2(CCCC2)C1)S(C)=O. The second kappa shape index (κ2) is 5.81. The largest absolute Gasteiger partial charge is 0.309 e. The molecular weight excluding hydrogens is 232 g/mol. The van der Waals surface area contributed by atoms with Crippen LogP contribution in [0, 0.1) is 0 Å². The van der Waals surface area contributed by atoms with Crippen molar-refractivity contribution in [2.75, 3.05) is 32.4 Å². The molecule has 0 aromatic rings. The Kier molecular flexibility index (Phi) is 4.61. The summed E-state index contributed by atoms with van der Waals surface area (Å²) in [5.74, 6) is 0. The molecule has 0 aromatic heterocycles. The van der Waals surface area contributed by atoms with Gasteiger partial charge in [-0.3, -0.25) is 4.21 Å². The van der Waals surface area contributed by atoms with Crippen molar-refractivity contribution in [3.05, 3.63) is 0 Å². The number of piperazine rings is 1. The van der Waals surface area contributed by atoms with E-state index < -0.39 is 10.8 Å². The van der Waals surface area contributed by atoms with E-state index in [-0.39, 0.29) is 0 Å². The molecule has 0 radical (unpaired) electrons. The molecule has 17 heavy (non-hydrogen) atoms. The van der Waals surface area contributed by atoms with E-state index in [4.69, 9.17) is 0 Å². The van der Waals surface area contributed by atoms with Crippen LogP contribution in [0.1, 0.15) is 39.0 Å².